The van der Waals surface area contributed by atoms with Gasteiger partial charge in [-0.1, -0.05) is 32.1 Å². The average Bonchev–Trinajstić information content (AvgIpc) is 2.34. The molecule has 1 rings (SSSR count). The maximum absolute atomic E-state index is 13.7. The van der Waals surface area contributed by atoms with Gasteiger partial charge in [0.1, 0.15) is 10.8 Å². The number of thiocarbonyl (C=S) groups is 1. The summed E-state index contributed by atoms with van der Waals surface area (Å²) in [4.78, 5) is -0.431. The minimum atomic E-state index is -3.79. The molecule has 0 heterocycles. The van der Waals surface area contributed by atoms with Gasteiger partial charge in [0.05, 0.1) is 10.5 Å². The molecule has 0 bridgehead atoms. The Bertz CT molecular complexity index is 573. The molecule has 0 amide bonds. The Labute approximate surface area is 118 Å². The first-order valence-electron chi connectivity index (χ1n) is 5.94. The zero-order valence-electron chi connectivity index (χ0n) is 10.9. The van der Waals surface area contributed by atoms with Crippen molar-refractivity contribution in [1.82, 2.24) is 4.31 Å². The molecule has 2 N–H and O–H groups in total. The van der Waals surface area contributed by atoms with Crippen molar-refractivity contribution in [3.63, 3.8) is 0 Å². The van der Waals surface area contributed by atoms with Crippen LogP contribution in [0.15, 0.2) is 23.1 Å². The second-order valence-electron chi connectivity index (χ2n) is 3.97. The molecule has 0 fully saturated rings. The average molecular weight is 304 g/mol. The third-order valence-corrected chi connectivity index (χ3v) is 4.89. The van der Waals surface area contributed by atoms with Crippen LogP contribution < -0.4 is 5.73 Å². The van der Waals surface area contributed by atoms with Gasteiger partial charge >= 0.3 is 0 Å². The van der Waals surface area contributed by atoms with Crippen LogP contribution in [0, 0.1) is 5.82 Å². The maximum atomic E-state index is 13.7. The van der Waals surface area contributed by atoms with E-state index in [1.165, 1.54) is 16.4 Å². The SMILES string of the molecule is CCCN(CC)S(=O)(=O)c1cccc(F)c1C(N)=S. The van der Waals surface area contributed by atoms with Gasteiger partial charge in [0.15, 0.2) is 0 Å². The van der Waals surface area contributed by atoms with Crippen molar-refractivity contribution in [3.8, 4) is 0 Å². The van der Waals surface area contributed by atoms with E-state index in [-0.39, 0.29) is 15.4 Å². The van der Waals surface area contributed by atoms with E-state index in [0.29, 0.717) is 19.5 Å². The van der Waals surface area contributed by atoms with Gasteiger partial charge in [-0.05, 0) is 18.6 Å². The van der Waals surface area contributed by atoms with E-state index >= 15 is 0 Å². The number of rotatable bonds is 6. The minimum Gasteiger partial charge on any atom is -0.389 e. The van der Waals surface area contributed by atoms with E-state index in [1.807, 2.05) is 6.92 Å². The Balaban J connectivity index is 3.44. The highest BCUT2D eigenvalue weighted by molar-refractivity contribution is 7.89. The van der Waals surface area contributed by atoms with Gasteiger partial charge < -0.3 is 5.73 Å². The summed E-state index contributed by atoms with van der Waals surface area (Å²) in [7, 11) is -3.79. The zero-order valence-corrected chi connectivity index (χ0v) is 12.5. The minimum absolute atomic E-state index is 0.171. The van der Waals surface area contributed by atoms with Crippen molar-refractivity contribution in [2.24, 2.45) is 5.73 Å². The summed E-state index contributed by atoms with van der Waals surface area (Å²) in [5, 5.41) is 0. The van der Waals surface area contributed by atoms with Gasteiger partial charge in [-0.2, -0.15) is 4.31 Å². The Morgan fingerprint density at radius 1 is 1.42 bits per heavy atom. The van der Waals surface area contributed by atoms with E-state index in [4.69, 9.17) is 18.0 Å². The monoisotopic (exact) mass is 304 g/mol. The lowest BCUT2D eigenvalue weighted by Gasteiger charge is -2.21. The number of hydrogen-bond acceptors (Lipinski definition) is 3. The molecule has 0 aliphatic heterocycles. The van der Waals surface area contributed by atoms with Crippen molar-refractivity contribution in [2.45, 2.75) is 25.2 Å². The largest absolute Gasteiger partial charge is 0.389 e. The van der Waals surface area contributed by atoms with E-state index < -0.39 is 15.8 Å². The van der Waals surface area contributed by atoms with Crippen molar-refractivity contribution in [1.29, 1.82) is 0 Å². The maximum Gasteiger partial charge on any atom is 0.243 e. The second kappa shape index (κ2) is 6.40. The highest BCUT2D eigenvalue weighted by Crippen LogP contribution is 2.22. The molecule has 0 aromatic heterocycles. The molecule has 0 spiro atoms. The zero-order chi connectivity index (χ0) is 14.6. The van der Waals surface area contributed by atoms with Crippen LogP contribution in [0.5, 0.6) is 0 Å². The normalized spacial score (nSPS) is 11.8. The van der Waals surface area contributed by atoms with Crippen molar-refractivity contribution in [2.75, 3.05) is 13.1 Å². The highest BCUT2D eigenvalue weighted by atomic mass is 32.2. The summed E-state index contributed by atoms with van der Waals surface area (Å²) in [6.07, 6.45) is 0.671. The molecule has 4 nitrogen and oxygen atoms in total. The summed E-state index contributed by atoms with van der Waals surface area (Å²) in [6, 6.07) is 3.80. The lowest BCUT2D eigenvalue weighted by molar-refractivity contribution is 0.426. The lowest BCUT2D eigenvalue weighted by atomic mass is 10.2. The topological polar surface area (TPSA) is 63.4 Å². The van der Waals surface area contributed by atoms with Gasteiger partial charge in [-0.25, -0.2) is 12.8 Å². The molecule has 7 heteroatoms. The van der Waals surface area contributed by atoms with Gasteiger partial charge in [-0.15, -0.1) is 0 Å². The summed E-state index contributed by atoms with van der Waals surface area (Å²) in [5.74, 6) is -0.721. The molecular weight excluding hydrogens is 287 g/mol. The van der Waals surface area contributed by atoms with Gasteiger partial charge in [0.2, 0.25) is 10.0 Å². The first kappa shape index (κ1) is 16.0. The number of hydrogen-bond donors (Lipinski definition) is 1. The quantitative estimate of drug-likeness (QED) is 0.815. The molecule has 0 unspecified atom stereocenters. The van der Waals surface area contributed by atoms with Crippen LogP contribution in [0.25, 0.3) is 0 Å². The molecular formula is C12H17FN2O2S2. The third kappa shape index (κ3) is 3.29. The van der Waals surface area contributed by atoms with E-state index in [1.54, 1.807) is 6.92 Å². The fourth-order valence-electron chi connectivity index (χ4n) is 1.80. The first-order valence-corrected chi connectivity index (χ1v) is 7.79. The second-order valence-corrected chi connectivity index (χ2v) is 6.32. The van der Waals surface area contributed by atoms with Crippen LogP contribution in [-0.2, 0) is 10.0 Å². The molecule has 0 saturated carbocycles. The number of halogens is 1. The summed E-state index contributed by atoms with van der Waals surface area (Å²) in [5.41, 5.74) is 5.22. The number of sulfonamides is 1. The highest BCUT2D eigenvalue weighted by Gasteiger charge is 2.27. The molecule has 0 aliphatic rings. The van der Waals surface area contributed by atoms with Crippen LogP contribution in [0.1, 0.15) is 25.8 Å². The van der Waals surface area contributed by atoms with Crippen LogP contribution in [0.3, 0.4) is 0 Å². The molecule has 19 heavy (non-hydrogen) atoms. The van der Waals surface area contributed by atoms with Crippen molar-refractivity contribution < 1.29 is 12.8 Å². The fourth-order valence-corrected chi connectivity index (χ4v) is 3.82. The van der Waals surface area contributed by atoms with Crippen LogP contribution in [0.4, 0.5) is 4.39 Å². The molecule has 1 aromatic rings. The molecule has 106 valence electrons. The van der Waals surface area contributed by atoms with Gasteiger partial charge in [0, 0.05) is 13.1 Å². The van der Waals surface area contributed by atoms with E-state index in [9.17, 15) is 12.8 Å². The Kier molecular flexibility index (Phi) is 5.39. The van der Waals surface area contributed by atoms with Crippen LogP contribution in [0.2, 0.25) is 0 Å². The summed E-state index contributed by atoms with van der Waals surface area (Å²) >= 11 is 4.75. The molecule has 0 atom stereocenters. The molecule has 1 aromatic carbocycles. The van der Waals surface area contributed by atoms with Crippen LogP contribution >= 0.6 is 12.2 Å². The van der Waals surface area contributed by atoms with Crippen LogP contribution in [-0.4, -0.2) is 30.8 Å². The number of nitrogens with two attached hydrogens (primary N) is 1. The Morgan fingerprint density at radius 3 is 2.53 bits per heavy atom. The molecule has 0 aliphatic carbocycles. The first-order chi connectivity index (χ1) is 8.86. The van der Waals surface area contributed by atoms with Gasteiger partial charge in [-0.3, -0.25) is 0 Å². The lowest BCUT2D eigenvalue weighted by Crippen LogP contribution is -2.33. The standard InChI is InChI=1S/C12H17FN2O2S2/c1-3-8-15(4-2)19(16,17)10-7-5-6-9(13)11(10)12(14)18/h5-7H,3-4,8H2,1-2H3,(H2,14,18). The summed E-state index contributed by atoms with van der Waals surface area (Å²) in [6.45, 7) is 4.28. The number of benzene rings is 1. The predicted molar refractivity (Wildman–Crippen MR) is 77.0 cm³/mol. The smallest absolute Gasteiger partial charge is 0.243 e. The third-order valence-electron chi connectivity index (χ3n) is 2.67. The molecule has 0 saturated heterocycles. The van der Waals surface area contributed by atoms with E-state index in [0.717, 1.165) is 6.07 Å². The predicted octanol–water partition coefficient (Wildman–Crippen LogP) is 1.88. The summed E-state index contributed by atoms with van der Waals surface area (Å²) < 4.78 is 40.0. The Hall–Kier alpha value is -1.05. The van der Waals surface area contributed by atoms with E-state index in [2.05, 4.69) is 0 Å². The van der Waals surface area contributed by atoms with Crippen molar-refractivity contribution in [3.05, 3.63) is 29.6 Å². The van der Waals surface area contributed by atoms with Gasteiger partial charge in [0.25, 0.3) is 0 Å². The number of nitrogens with zero attached hydrogens (tertiary/aromatic N) is 1. The Morgan fingerprint density at radius 2 is 2.05 bits per heavy atom. The molecule has 0 radical (unpaired) electrons. The fraction of sp³-hybridized carbons (Fsp3) is 0.417. The van der Waals surface area contributed by atoms with Crippen molar-refractivity contribution >= 4 is 27.2 Å².